The number of aromatic hydroxyl groups is 1. The van der Waals surface area contributed by atoms with Crippen LogP contribution in [0.5, 0.6) is 5.75 Å². The molecule has 160 valence electrons. The fourth-order valence-corrected chi connectivity index (χ4v) is 4.59. The normalized spacial score (nSPS) is 18.1. The van der Waals surface area contributed by atoms with Gasteiger partial charge in [0, 0.05) is 22.5 Å². The third kappa shape index (κ3) is 3.61. The highest BCUT2D eigenvalue weighted by molar-refractivity contribution is 7.80. The minimum atomic E-state index is -0.268. The van der Waals surface area contributed by atoms with E-state index in [0.717, 1.165) is 34.0 Å². The molecule has 0 amide bonds. The first kappa shape index (κ1) is 20.5. The van der Waals surface area contributed by atoms with Gasteiger partial charge >= 0.3 is 0 Å². The van der Waals surface area contributed by atoms with Crippen molar-refractivity contribution in [1.82, 2.24) is 10.3 Å². The van der Waals surface area contributed by atoms with Crippen LogP contribution in [0.25, 0.3) is 11.3 Å². The number of rotatable bonds is 4. The molecular weight excluding hydrogens is 442 g/mol. The average molecular weight is 462 g/mol. The highest BCUT2D eigenvalue weighted by Gasteiger charge is 2.42. The number of nitrogens with one attached hydrogen (secondary N) is 1. The largest absolute Gasteiger partial charge is 0.508 e. The van der Waals surface area contributed by atoms with Gasteiger partial charge in [-0.1, -0.05) is 29.8 Å². The molecule has 3 heterocycles. The smallest absolute Gasteiger partial charge is 0.174 e. The maximum Gasteiger partial charge on any atom is 0.174 e. The van der Waals surface area contributed by atoms with Gasteiger partial charge in [0.05, 0.1) is 11.7 Å². The maximum absolute atomic E-state index is 9.75. The minimum absolute atomic E-state index is 0.196. The number of anilines is 1. The predicted molar refractivity (Wildman–Crippen MR) is 130 cm³/mol. The molecule has 5 rings (SSSR count). The van der Waals surface area contributed by atoms with Crippen LogP contribution < -0.4 is 10.2 Å². The van der Waals surface area contributed by atoms with Crippen LogP contribution in [0.2, 0.25) is 5.02 Å². The second kappa shape index (κ2) is 8.30. The Kier molecular flexibility index (Phi) is 5.33. The number of benzene rings is 2. The molecule has 1 aliphatic rings. The molecule has 0 saturated carbocycles. The van der Waals surface area contributed by atoms with Gasteiger partial charge in [-0.05, 0) is 79.3 Å². The van der Waals surface area contributed by atoms with Crippen LogP contribution >= 0.6 is 23.8 Å². The topological polar surface area (TPSA) is 61.5 Å². The minimum Gasteiger partial charge on any atom is -0.508 e. The molecule has 1 aliphatic heterocycles. The van der Waals surface area contributed by atoms with Gasteiger partial charge in [-0.15, -0.1) is 0 Å². The van der Waals surface area contributed by atoms with Crippen molar-refractivity contribution in [3.8, 4) is 17.1 Å². The van der Waals surface area contributed by atoms with Crippen LogP contribution in [0.15, 0.2) is 83.4 Å². The molecule has 2 aromatic heterocycles. The van der Waals surface area contributed by atoms with Crippen LogP contribution in [0.1, 0.15) is 29.1 Å². The molecule has 1 fully saturated rings. The summed E-state index contributed by atoms with van der Waals surface area (Å²) < 4.78 is 6.39. The highest BCUT2D eigenvalue weighted by Crippen LogP contribution is 2.43. The van der Waals surface area contributed by atoms with Crippen molar-refractivity contribution in [1.29, 1.82) is 0 Å². The summed E-state index contributed by atoms with van der Waals surface area (Å²) in [7, 11) is 0. The summed E-state index contributed by atoms with van der Waals surface area (Å²) in [6, 6.07) is 22.0. The molecule has 0 bridgehead atoms. The van der Waals surface area contributed by atoms with Crippen molar-refractivity contribution in [2.24, 2.45) is 0 Å². The van der Waals surface area contributed by atoms with Gasteiger partial charge in [-0.2, -0.15) is 0 Å². The molecule has 0 unspecified atom stereocenters. The zero-order chi connectivity index (χ0) is 22.2. The SMILES string of the molecule is Cc1c(Cl)cccc1-c1ccc([C@@H]2[C@H](c3ccccn3)NC(=S)N2c2ccc(O)cc2)o1. The zero-order valence-corrected chi connectivity index (χ0v) is 18.8. The van der Waals surface area contributed by atoms with E-state index in [9.17, 15) is 5.11 Å². The summed E-state index contributed by atoms with van der Waals surface area (Å²) in [5.74, 6) is 1.68. The van der Waals surface area contributed by atoms with E-state index >= 15 is 0 Å². The van der Waals surface area contributed by atoms with E-state index in [-0.39, 0.29) is 17.8 Å². The molecule has 2 N–H and O–H groups in total. The number of aromatic nitrogens is 1. The number of pyridine rings is 1. The van der Waals surface area contributed by atoms with Gasteiger partial charge in [0.2, 0.25) is 0 Å². The van der Waals surface area contributed by atoms with Crippen LogP contribution in [-0.4, -0.2) is 15.2 Å². The molecule has 32 heavy (non-hydrogen) atoms. The molecular formula is C25H20ClN3O2S. The summed E-state index contributed by atoms with van der Waals surface area (Å²) in [6.45, 7) is 1.98. The molecule has 2 atom stereocenters. The van der Waals surface area contributed by atoms with E-state index in [4.69, 9.17) is 28.2 Å². The number of thiocarbonyl (C=S) groups is 1. The lowest BCUT2D eigenvalue weighted by Gasteiger charge is -2.26. The Hall–Kier alpha value is -3.35. The summed E-state index contributed by atoms with van der Waals surface area (Å²) in [5, 5.41) is 14.4. The van der Waals surface area contributed by atoms with E-state index in [0.29, 0.717) is 10.1 Å². The van der Waals surface area contributed by atoms with Crippen LogP contribution in [0.3, 0.4) is 0 Å². The molecule has 0 aliphatic carbocycles. The fraction of sp³-hybridized carbons (Fsp3) is 0.120. The Morgan fingerprint density at radius 3 is 2.59 bits per heavy atom. The molecule has 1 saturated heterocycles. The molecule has 0 spiro atoms. The molecule has 4 aromatic rings. The summed E-state index contributed by atoms with van der Waals surface area (Å²) in [5.41, 5.74) is 3.62. The first-order valence-electron chi connectivity index (χ1n) is 10.2. The summed E-state index contributed by atoms with van der Waals surface area (Å²) >= 11 is 12.0. The second-order valence-corrected chi connectivity index (χ2v) is 8.42. The van der Waals surface area contributed by atoms with Gasteiger partial charge in [0.15, 0.2) is 5.11 Å². The van der Waals surface area contributed by atoms with Gasteiger partial charge < -0.3 is 19.7 Å². The summed E-state index contributed by atoms with van der Waals surface area (Å²) in [4.78, 5) is 6.56. The van der Waals surface area contributed by atoms with Crippen molar-refractivity contribution < 1.29 is 9.52 Å². The van der Waals surface area contributed by atoms with E-state index in [1.165, 1.54) is 0 Å². The Labute approximate surface area is 196 Å². The number of halogens is 1. The lowest BCUT2D eigenvalue weighted by Crippen LogP contribution is -2.29. The van der Waals surface area contributed by atoms with E-state index in [1.54, 1.807) is 18.3 Å². The van der Waals surface area contributed by atoms with Crippen molar-refractivity contribution >= 4 is 34.6 Å². The molecule has 2 aromatic carbocycles. The molecule has 0 radical (unpaired) electrons. The van der Waals surface area contributed by atoms with E-state index in [2.05, 4.69) is 10.3 Å². The molecule has 5 nitrogen and oxygen atoms in total. The third-order valence-electron chi connectivity index (χ3n) is 5.68. The lowest BCUT2D eigenvalue weighted by atomic mass is 10.0. The van der Waals surface area contributed by atoms with Crippen molar-refractivity contribution in [3.05, 3.63) is 101 Å². The van der Waals surface area contributed by atoms with Crippen molar-refractivity contribution in [2.45, 2.75) is 19.0 Å². The predicted octanol–water partition coefficient (Wildman–Crippen LogP) is 6.19. The van der Waals surface area contributed by atoms with Crippen LogP contribution in [0, 0.1) is 6.92 Å². The van der Waals surface area contributed by atoms with Gasteiger partial charge in [-0.3, -0.25) is 4.98 Å². The number of nitrogens with zero attached hydrogens (tertiary/aromatic N) is 2. The summed E-state index contributed by atoms with van der Waals surface area (Å²) in [6.07, 6.45) is 1.77. The monoisotopic (exact) mass is 461 g/mol. The Morgan fingerprint density at radius 2 is 1.84 bits per heavy atom. The Balaban J connectivity index is 1.61. The number of phenolic OH excluding ortho intramolecular Hbond substituents is 1. The quantitative estimate of drug-likeness (QED) is 0.353. The maximum atomic E-state index is 9.75. The van der Waals surface area contributed by atoms with E-state index in [1.807, 2.05) is 72.5 Å². The number of furan rings is 1. The third-order valence-corrected chi connectivity index (χ3v) is 6.40. The van der Waals surface area contributed by atoms with Gasteiger partial charge in [-0.25, -0.2) is 0 Å². The Morgan fingerprint density at radius 1 is 1.03 bits per heavy atom. The van der Waals surface area contributed by atoms with Crippen molar-refractivity contribution in [3.63, 3.8) is 0 Å². The second-order valence-electron chi connectivity index (χ2n) is 7.63. The van der Waals surface area contributed by atoms with Crippen molar-refractivity contribution in [2.75, 3.05) is 4.90 Å². The Bertz CT molecular complexity index is 1270. The number of hydrogen-bond acceptors (Lipinski definition) is 4. The lowest BCUT2D eigenvalue weighted by molar-refractivity contribution is 0.439. The number of phenols is 1. The van der Waals surface area contributed by atoms with E-state index < -0.39 is 0 Å². The van der Waals surface area contributed by atoms with Gasteiger partial charge in [0.25, 0.3) is 0 Å². The van der Waals surface area contributed by atoms with Gasteiger partial charge in [0.1, 0.15) is 23.3 Å². The molecule has 7 heteroatoms. The fourth-order valence-electron chi connectivity index (χ4n) is 4.07. The average Bonchev–Trinajstić information content (AvgIpc) is 3.41. The highest BCUT2D eigenvalue weighted by atomic mass is 35.5. The first-order chi connectivity index (χ1) is 15.5. The zero-order valence-electron chi connectivity index (χ0n) is 17.2. The van der Waals surface area contributed by atoms with Crippen LogP contribution in [0.4, 0.5) is 5.69 Å². The first-order valence-corrected chi connectivity index (χ1v) is 11.0. The number of hydrogen-bond donors (Lipinski definition) is 2. The van der Waals surface area contributed by atoms with Crippen LogP contribution in [-0.2, 0) is 0 Å². The standard InChI is InChI=1S/C25H20ClN3O2S/c1-15-18(5-4-6-19(15)26)21-12-13-22(31-21)24-23(20-7-2-3-14-27-20)28-25(32)29(24)16-8-10-17(30)11-9-16/h2-14,23-24,30H,1H3,(H,28,32)/t23-,24+/m0/s1.